The fourth-order valence-electron chi connectivity index (χ4n) is 1.32. The molecule has 1 aromatic carbocycles. The van der Waals surface area contributed by atoms with Gasteiger partial charge < -0.3 is 5.32 Å². The molecule has 1 unspecified atom stereocenters. The van der Waals surface area contributed by atoms with Crippen molar-refractivity contribution in [3.05, 3.63) is 42.7 Å². The van der Waals surface area contributed by atoms with E-state index in [2.05, 4.69) is 15.5 Å². The number of hydrogen-bond donors (Lipinski definition) is 2. The number of benzene rings is 1. The van der Waals surface area contributed by atoms with Crippen molar-refractivity contribution in [1.82, 2.24) is 10.2 Å². The maximum atomic E-state index is 11.8. The van der Waals surface area contributed by atoms with Crippen molar-refractivity contribution in [3.8, 4) is 0 Å². The van der Waals surface area contributed by atoms with E-state index in [4.69, 9.17) is 0 Å². The fraction of sp³-hybridized carbons (Fsp3) is 0.167. The molecule has 2 aromatic rings. The van der Waals surface area contributed by atoms with Gasteiger partial charge >= 0.3 is 0 Å². The van der Waals surface area contributed by atoms with E-state index >= 15 is 0 Å². The van der Waals surface area contributed by atoms with E-state index in [-0.39, 0.29) is 11.2 Å². The maximum Gasteiger partial charge on any atom is 0.237 e. The molecule has 1 amide bonds. The molecule has 0 spiro atoms. The molecule has 0 saturated heterocycles. The van der Waals surface area contributed by atoms with Gasteiger partial charge in [0.2, 0.25) is 5.91 Å². The smallest absolute Gasteiger partial charge is 0.237 e. The van der Waals surface area contributed by atoms with Crippen LogP contribution < -0.4 is 5.32 Å². The number of aromatic nitrogens is 2. The Morgan fingerprint density at radius 1 is 1.41 bits per heavy atom. The van der Waals surface area contributed by atoms with Crippen LogP contribution >= 0.6 is 11.8 Å². The molecular weight excluding hydrogens is 234 g/mol. The summed E-state index contributed by atoms with van der Waals surface area (Å²) in [5.74, 6) is -0.0275. The average molecular weight is 247 g/mol. The van der Waals surface area contributed by atoms with Crippen LogP contribution in [0.5, 0.6) is 0 Å². The molecule has 0 fully saturated rings. The second kappa shape index (κ2) is 5.54. The molecule has 0 aliphatic carbocycles. The van der Waals surface area contributed by atoms with Gasteiger partial charge in [-0.2, -0.15) is 5.10 Å². The summed E-state index contributed by atoms with van der Waals surface area (Å²) >= 11 is 1.53. The first-order chi connectivity index (χ1) is 8.25. The van der Waals surface area contributed by atoms with Crippen LogP contribution in [0.1, 0.15) is 6.92 Å². The first kappa shape index (κ1) is 11.7. The Morgan fingerprint density at radius 3 is 2.82 bits per heavy atom. The van der Waals surface area contributed by atoms with E-state index in [1.165, 1.54) is 11.8 Å². The van der Waals surface area contributed by atoms with Gasteiger partial charge in [-0.05, 0) is 19.1 Å². The molecule has 5 heteroatoms. The van der Waals surface area contributed by atoms with Crippen molar-refractivity contribution < 1.29 is 4.79 Å². The molecule has 0 saturated carbocycles. The summed E-state index contributed by atoms with van der Waals surface area (Å²) in [4.78, 5) is 12.9. The largest absolute Gasteiger partial charge is 0.322 e. The predicted octanol–water partition coefficient (Wildman–Crippen LogP) is 2.53. The van der Waals surface area contributed by atoms with Crippen LogP contribution in [-0.4, -0.2) is 21.4 Å². The Labute approximate surface area is 104 Å². The zero-order valence-corrected chi connectivity index (χ0v) is 10.2. The topological polar surface area (TPSA) is 57.8 Å². The number of aromatic amines is 1. The zero-order chi connectivity index (χ0) is 12.1. The number of amides is 1. The summed E-state index contributed by atoms with van der Waals surface area (Å²) in [6, 6.07) is 9.87. The van der Waals surface area contributed by atoms with Gasteiger partial charge in [0.25, 0.3) is 0 Å². The lowest BCUT2D eigenvalue weighted by atomic mass is 10.4. The standard InChI is InChI=1S/C12H13N3OS/c1-9(17-11-5-3-2-4-6-11)12(16)15-10-7-13-14-8-10/h2-9H,1H3,(H,13,14)(H,15,16). The van der Waals surface area contributed by atoms with E-state index in [1.807, 2.05) is 37.3 Å². The van der Waals surface area contributed by atoms with Gasteiger partial charge in [0.1, 0.15) is 0 Å². The van der Waals surface area contributed by atoms with Gasteiger partial charge in [-0.3, -0.25) is 9.89 Å². The van der Waals surface area contributed by atoms with E-state index < -0.39 is 0 Å². The van der Waals surface area contributed by atoms with Crippen LogP contribution in [0.4, 0.5) is 5.69 Å². The first-order valence-corrected chi connectivity index (χ1v) is 6.15. The molecule has 4 nitrogen and oxygen atoms in total. The molecule has 1 aromatic heterocycles. The van der Waals surface area contributed by atoms with Crippen LogP contribution in [-0.2, 0) is 4.79 Å². The highest BCUT2D eigenvalue weighted by Gasteiger charge is 2.14. The van der Waals surface area contributed by atoms with Gasteiger partial charge in [0.15, 0.2) is 0 Å². The molecule has 0 bridgehead atoms. The third-order valence-electron chi connectivity index (χ3n) is 2.19. The maximum absolute atomic E-state index is 11.8. The number of carbonyl (C=O) groups is 1. The Morgan fingerprint density at radius 2 is 2.18 bits per heavy atom. The van der Waals surface area contributed by atoms with Crippen LogP contribution in [0.3, 0.4) is 0 Å². The number of nitrogens with one attached hydrogen (secondary N) is 2. The molecule has 2 rings (SSSR count). The summed E-state index contributed by atoms with van der Waals surface area (Å²) in [5, 5.41) is 9.07. The minimum Gasteiger partial charge on any atom is -0.322 e. The van der Waals surface area contributed by atoms with Crippen LogP contribution in [0.15, 0.2) is 47.6 Å². The van der Waals surface area contributed by atoms with E-state index in [9.17, 15) is 4.79 Å². The predicted molar refractivity (Wildman–Crippen MR) is 69.0 cm³/mol. The summed E-state index contributed by atoms with van der Waals surface area (Å²) in [6.45, 7) is 1.88. The van der Waals surface area contributed by atoms with Crippen LogP contribution in [0.25, 0.3) is 0 Å². The average Bonchev–Trinajstić information content (AvgIpc) is 2.83. The molecule has 2 N–H and O–H groups in total. The Hall–Kier alpha value is -1.75. The molecule has 17 heavy (non-hydrogen) atoms. The van der Waals surface area contributed by atoms with Gasteiger partial charge in [-0.1, -0.05) is 18.2 Å². The van der Waals surface area contributed by atoms with Crippen molar-refractivity contribution in [3.63, 3.8) is 0 Å². The third kappa shape index (κ3) is 3.35. The zero-order valence-electron chi connectivity index (χ0n) is 9.38. The minimum atomic E-state index is -0.146. The van der Waals surface area contributed by atoms with Crippen molar-refractivity contribution >= 4 is 23.4 Å². The number of carbonyl (C=O) groups excluding carboxylic acids is 1. The number of hydrogen-bond acceptors (Lipinski definition) is 3. The monoisotopic (exact) mass is 247 g/mol. The molecule has 0 aliphatic heterocycles. The molecule has 0 aliphatic rings. The van der Waals surface area contributed by atoms with E-state index in [0.717, 1.165) is 4.90 Å². The van der Waals surface area contributed by atoms with Gasteiger partial charge in [0, 0.05) is 11.1 Å². The summed E-state index contributed by atoms with van der Waals surface area (Å²) in [7, 11) is 0. The number of nitrogens with zero attached hydrogens (tertiary/aromatic N) is 1. The Balaban J connectivity index is 1.92. The minimum absolute atomic E-state index is 0.0275. The number of thioether (sulfide) groups is 1. The van der Waals surface area contributed by atoms with Gasteiger partial charge in [-0.25, -0.2) is 0 Å². The summed E-state index contributed by atoms with van der Waals surface area (Å²) in [5.41, 5.74) is 0.690. The summed E-state index contributed by atoms with van der Waals surface area (Å²) in [6.07, 6.45) is 3.23. The second-order valence-corrected chi connectivity index (χ2v) is 4.96. The highest BCUT2D eigenvalue weighted by Crippen LogP contribution is 2.23. The third-order valence-corrected chi connectivity index (χ3v) is 3.30. The lowest BCUT2D eigenvalue weighted by Gasteiger charge is -2.10. The number of rotatable bonds is 4. The van der Waals surface area contributed by atoms with Crippen molar-refractivity contribution in [1.29, 1.82) is 0 Å². The molecule has 1 atom stereocenters. The van der Waals surface area contributed by atoms with E-state index in [0.29, 0.717) is 5.69 Å². The molecule has 0 radical (unpaired) electrons. The van der Waals surface area contributed by atoms with Crippen molar-refractivity contribution in [2.24, 2.45) is 0 Å². The van der Waals surface area contributed by atoms with Crippen molar-refractivity contribution in [2.75, 3.05) is 5.32 Å². The number of anilines is 1. The molecule has 1 heterocycles. The highest BCUT2D eigenvalue weighted by atomic mass is 32.2. The fourth-order valence-corrected chi connectivity index (χ4v) is 2.21. The first-order valence-electron chi connectivity index (χ1n) is 5.27. The second-order valence-electron chi connectivity index (χ2n) is 3.55. The normalized spacial score (nSPS) is 12.1. The SMILES string of the molecule is CC(Sc1ccccc1)C(=O)Nc1cn[nH]c1. The van der Waals surface area contributed by atoms with Crippen molar-refractivity contribution in [2.45, 2.75) is 17.1 Å². The summed E-state index contributed by atoms with van der Waals surface area (Å²) < 4.78 is 0. The van der Waals surface area contributed by atoms with E-state index in [1.54, 1.807) is 12.4 Å². The number of H-pyrrole nitrogens is 1. The lowest BCUT2D eigenvalue weighted by molar-refractivity contribution is -0.115. The van der Waals surface area contributed by atoms with Crippen LogP contribution in [0.2, 0.25) is 0 Å². The molecule has 88 valence electrons. The Kier molecular flexibility index (Phi) is 3.82. The lowest BCUT2D eigenvalue weighted by Crippen LogP contribution is -2.22. The van der Waals surface area contributed by atoms with Crippen LogP contribution in [0, 0.1) is 0 Å². The van der Waals surface area contributed by atoms with Gasteiger partial charge in [0.05, 0.1) is 17.1 Å². The Bertz CT molecular complexity index is 470. The molecular formula is C12H13N3OS. The van der Waals surface area contributed by atoms with Gasteiger partial charge in [-0.15, -0.1) is 11.8 Å². The quantitative estimate of drug-likeness (QED) is 0.816. The highest BCUT2D eigenvalue weighted by molar-refractivity contribution is 8.00.